The van der Waals surface area contributed by atoms with Crippen LogP contribution in [0.15, 0.2) is 37.0 Å². The van der Waals surface area contributed by atoms with Crippen LogP contribution in [0, 0.1) is 0 Å². The van der Waals surface area contributed by atoms with Crippen LogP contribution in [0.1, 0.15) is 124 Å². The van der Waals surface area contributed by atoms with E-state index < -0.39 is 12.3 Å². The van der Waals surface area contributed by atoms with E-state index in [2.05, 4.69) is 31.4 Å². The van der Waals surface area contributed by atoms with Gasteiger partial charge in [0.05, 0.1) is 6.61 Å². The number of carbonyl (C=O) groups is 2. The molecule has 0 aliphatic rings. The lowest BCUT2D eigenvalue weighted by Crippen LogP contribution is -2.14. The van der Waals surface area contributed by atoms with Gasteiger partial charge >= 0.3 is 11.9 Å². The maximum absolute atomic E-state index is 11.2. The van der Waals surface area contributed by atoms with Crippen LogP contribution in [-0.4, -0.2) is 29.9 Å². The molecule has 0 saturated heterocycles. The van der Waals surface area contributed by atoms with Crippen molar-refractivity contribution in [3.8, 4) is 0 Å². The molecule has 0 amide bonds. The molecule has 0 aliphatic carbocycles. The molecule has 0 aromatic heterocycles. The predicted molar refractivity (Wildman–Crippen MR) is 142 cm³/mol. The summed E-state index contributed by atoms with van der Waals surface area (Å²) in [5, 5.41) is 8.68. The van der Waals surface area contributed by atoms with Gasteiger partial charge in [-0.25, -0.2) is 9.59 Å². The first-order valence-corrected chi connectivity index (χ1v) is 13.3. The zero-order valence-electron chi connectivity index (χ0n) is 22.4. The van der Waals surface area contributed by atoms with Gasteiger partial charge in [-0.05, 0) is 26.3 Å². The summed E-state index contributed by atoms with van der Waals surface area (Å²) in [5.41, 5.74) is 0.743. The fourth-order valence-corrected chi connectivity index (χ4v) is 3.20. The predicted octanol–water partition coefficient (Wildman–Crippen LogP) is 7.98. The summed E-state index contributed by atoms with van der Waals surface area (Å²) < 4.78 is 9.44. The number of aliphatic hydroxyl groups excluding tert-OH is 1. The lowest BCUT2D eigenvalue weighted by atomic mass is 10.0. The van der Waals surface area contributed by atoms with Crippen molar-refractivity contribution in [1.82, 2.24) is 0 Å². The normalized spacial score (nSPS) is 11.1. The first-order chi connectivity index (χ1) is 16.3. The number of unbranched alkanes of at least 4 members (excludes halogenated alkanes) is 15. The summed E-state index contributed by atoms with van der Waals surface area (Å²) in [6.07, 6.45) is 21.6. The molecular formula is C29H52O5. The Morgan fingerprint density at radius 3 is 1.38 bits per heavy atom. The van der Waals surface area contributed by atoms with Crippen LogP contribution in [0.2, 0.25) is 0 Å². The van der Waals surface area contributed by atoms with Crippen molar-refractivity contribution >= 4 is 11.9 Å². The molecule has 1 N–H and O–H groups in total. The molecule has 0 spiro atoms. The van der Waals surface area contributed by atoms with Crippen LogP contribution in [0.25, 0.3) is 0 Å². The summed E-state index contributed by atoms with van der Waals surface area (Å²) >= 11 is 0. The van der Waals surface area contributed by atoms with Gasteiger partial charge in [0.25, 0.3) is 0 Å². The van der Waals surface area contributed by atoms with E-state index in [9.17, 15) is 9.59 Å². The van der Waals surface area contributed by atoms with Gasteiger partial charge < -0.3 is 14.6 Å². The number of hydrogen-bond donors (Lipinski definition) is 1. The zero-order valence-corrected chi connectivity index (χ0v) is 22.4. The average Bonchev–Trinajstić information content (AvgIpc) is 2.81. The number of ether oxygens (including phenoxy) is 2. The standard InChI is InChI=1S/C22H42O2.C7H10O3/c1-4-5-6-7-8-9-10-11-12-13-14-15-16-17-18-19-20-24-22(23)21(2)3;1-4-6(8)10-7(9)5(2)3/h2,4-20H2,1,3H3;4,6,8H,1-2H2,3H3. The van der Waals surface area contributed by atoms with E-state index in [-0.39, 0.29) is 11.5 Å². The van der Waals surface area contributed by atoms with E-state index in [1.165, 1.54) is 103 Å². The maximum atomic E-state index is 11.2. The largest absolute Gasteiger partial charge is 0.462 e. The Morgan fingerprint density at radius 1 is 0.706 bits per heavy atom. The lowest BCUT2D eigenvalue weighted by Gasteiger charge is -2.05. The number of aliphatic hydroxyl groups is 1. The Bertz CT molecular complexity index is 553. The van der Waals surface area contributed by atoms with Crippen LogP contribution >= 0.6 is 0 Å². The summed E-state index contributed by atoms with van der Waals surface area (Å²) in [4.78, 5) is 21.8. The summed E-state index contributed by atoms with van der Waals surface area (Å²) in [5.74, 6) is -0.872. The SMILES string of the molecule is C=C(C)C(=O)OCCCCCCCCCCCCCCCCCC.C=CC(O)OC(=O)C(=C)C. The van der Waals surface area contributed by atoms with Crippen molar-refractivity contribution in [2.75, 3.05) is 6.61 Å². The van der Waals surface area contributed by atoms with Gasteiger partial charge in [-0.1, -0.05) is 123 Å². The molecule has 5 nitrogen and oxygen atoms in total. The Morgan fingerprint density at radius 2 is 1.06 bits per heavy atom. The molecule has 0 saturated carbocycles. The van der Waals surface area contributed by atoms with Crippen molar-refractivity contribution in [2.45, 2.75) is 130 Å². The summed E-state index contributed by atoms with van der Waals surface area (Å²) in [6.45, 7) is 16.1. The molecule has 34 heavy (non-hydrogen) atoms. The number of esters is 2. The molecule has 0 radical (unpaired) electrons. The molecule has 0 rings (SSSR count). The number of carbonyl (C=O) groups excluding carboxylic acids is 2. The van der Waals surface area contributed by atoms with Gasteiger partial charge in [-0.3, -0.25) is 0 Å². The molecule has 1 atom stereocenters. The first-order valence-electron chi connectivity index (χ1n) is 13.3. The molecule has 5 heteroatoms. The maximum Gasteiger partial charge on any atom is 0.335 e. The smallest absolute Gasteiger partial charge is 0.335 e. The highest BCUT2D eigenvalue weighted by Crippen LogP contribution is 2.13. The minimum Gasteiger partial charge on any atom is -0.462 e. The highest BCUT2D eigenvalue weighted by atomic mass is 16.6. The van der Waals surface area contributed by atoms with Gasteiger partial charge in [-0.15, -0.1) is 0 Å². The third-order valence-electron chi connectivity index (χ3n) is 5.36. The first kappa shape index (κ1) is 34.3. The molecule has 0 bridgehead atoms. The molecule has 198 valence electrons. The monoisotopic (exact) mass is 480 g/mol. The zero-order chi connectivity index (χ0) is 26.0. The molecule has 0 aromatic carbocycles. The second-order valence-corrected chi connectivity index (χ2v) is 9.03. The summed E-state index contributed by atoms with van der Waals surface area (Å²) in [6, 6.07) is 0. The minimum atomic E-state index is -1.23. The van der Waals surface area contributed by atoms with Gasteiger partial charge in [0.1, 0.15) is 0 Å². The Kier molecular flexibility index (Phi) is 26.0. The molecule has 0 fully saturated rings. The van der Waals surface area contributed by atoms with E-state index in [0.717, 1.165) is 12.5 Å². The number of hydrogen-bond acceptors (Lipinski definition) is 5. The van der Waals surface area contributed by atoms with Crippen LogP contribution in [0.3, 0.4) is 0 Å². The third-order valence-corrected chi connectivity index (χ3v) is 5.36. The Hall–Kier alpha value is -1.88. The van der Waals surface area contributed by atoms with Crippen LogP contribution < -0.4 is 0 Å². The Labute approximate surface area is 209 Å². The van der Waals surface area contributed by atoms with Crippen LogP contribution in [0.4, 0.5) is 0 Å². The van der Waals surface area contributed by atoms with Crippen molar-refractivity contribution in [3.05, 3.63) is 37.0 Å². The van der Waals surface area contributed by atoms with Crippen LogP contribution in [-0.2, 0) is 19.1 Å². The second-order valence-electron chi connectivity index (χ2n) is 9.03. The fraction of sp³-hybridized carbons (Fsp3) is 0.724. The van der Waals surface area contributed by atoms with Crippen molar-refractivity contribution in [1.29, 1.82) is 0 Å². The van der Waals surface area contributed by atoms with E-state index >= 15 is 0 Å². The van der Waals surface area contributed by atoms with Crippen molar-refractivity contribution in [2.24, 2.45) is 0 Å². The van der Waals surface area contributed by atoms with Gasteiger partial charge in [-0.2, -0.15) is 0 Å². The molecular weight excluding hydrogens is 428 g/mol. The minimum absolute atomic E-state index is 0.251. The lowest BCUT2D eigenvalue weighted by molar-refractivity contribution is -0.155. The van der Waals surface area contributed by atoms with E-state index in [1.807, 2.05) is 0 Å². The summed E-state index contributed by atoms with van der Waals surface area (Å²) in [7, 11) is 0. The van der Waals surface area contributed by atoms with E-state index in [0.29, 0.717) is 12.2 Å². The highest BCUT2D eigenvalue weighted by molar-refractivity contribution is 5.87. The molecule has 0 aliphatic heterocycles. The second kappa shape index (κ2) is 25.7. The van der Waals surface area contributed by atoms with Crippen LogP contribution in [0.5, 0.6) is 0 Å². The molecule has 0 heterocycles. The fourth-order valence-electron chi connectivity index (χ4n) is 3.20. The third kappa shape index (κ3) is 26.4. The topological polar surface area (TPSA) is 72.8 Å². The number of rotatable bonds is 21. The average molecular weight is 481 g/mol. The van der Waals surface area contributed by atoms with E-state index in [4.69, 9.17) is 9.84 Å². The van der Waals surface area contributed by atoms with E-state index in [1.54, 1.807) is 6.92 Å². The van der Waals surface area contributed by atoms with Gasteiger partial charge in [0.15, 0.2) is 0 Å². The van der Waals surface area contributed by atoms with Crippen molar-refractivity contribution in [3.63, 3.8) is 0 Å². The molecule has 0 aromatic rings. The van der Waals surface area contributed by atoms with Crippen molar-refractivity contribution < 1.29 is 24.2 Å². The Balaban J connectivity index is 0. The van der Waals surface area contributed by atoms with Gasteiger partial charge in [0, 0.05) is 11.1 Å². The van der Waals surface area contributed by atoms with Gasteiger partial charge in [0.2, 0.25) is 6.29 Å². The molecule has 1 unspecified atom stereocenters. The quantitative estimate of drug-likeness (QED) is 0.0592. The highest BCUT2D eigenvalue weighted by Gasteiger charge is 2.06.